The van der Waals surface area contributed by atoms with Crippen molar-refractivity contribution in [2.75, 3.05) is 0 Å². The molecule has 0 amide bonds. The Morgan fingerprint density at radius 1 is 1.00 bits per heavy atom. The van der Waals surface area contributed by atoms with E-state index in [0.717, 1.165) is 27.6 Å². The third kappa shape index (κ3) is 1.82. The van der Waals surface area contributed by atoms with Crippen LogP contribution in [0.1, 0.15) is 5.56 Å². The van der Waals surface area contributed by atoms with Gasteiger partial charge in [0.1, 0.15) is 5.75 Å². The molecule has 0 atom stereocenters. The average molecular weight is 235 g/mol. The van der Waals surface area contributed by atoms with Crippen LogP contribution in [0.4, 0.5) is 0 Å². The first-order chi connectivity index (χ1) is 8.74. The summed E-state index contributed by atoms with van der Waals surface area (Å²) in [5.41, 5.74) is 4.35. The molecular formula is C16H13NO. The zero-order valence-electron chi connectivity index (χ0n) is 10.1. The van der Waals surface area contributed by atoms with Gasteiger partial charge in [0.2, 0.25) is 0 Å². The lowest BCUT2D eigenvalue weighted by Gasteiger charge is -2.07. The number of benzene rings is 2. The lowest BCUT2D eigenvalue weighted by atomic mass is 9.99. The van der Waals surface area contributed by atoms with Crippen molar-refractivity contribution in [2.45, 2.75) is 6.92 Å². The van der Waals surface area contributed by atoms with Crippen LogP contribution >= 0.6 is 0 Å². The number of fused-ring (bicyclic) bond motifs is 1. The Morgan fingerprint density at radius 2 is 1.89 bits per heavy atom. The molecule has 0 bridgehead atoms. The molecule has 0 saturated heterocycles. The molecule has 0 saturated carbocycles. The summed E-state index contributed by atoms with van der Waals surface area (Å²) in [4.78, 5) is 4.31. The van der Waals surface area contributed by atoms with Gasteiger partial charge in [0, 0.05) is 11.6 Å². The summed E-state index contributed by atoms with van der Waals surface area (Å²) < 4.78 is 0. The van der Waals surface area contributed by atoms with Gasteiger partial charge < -0.3 is 5.11 Å². The third-order valence-corrected chi connectivity index (χ3v) is 3.12. The second-order valence-electron chi connectivity index (χ2n) is 4.41. The molecule has 1 heterocycles. The normalized spacial score (nSPS) is 10.7. The molecule has 2 heteroatoms. The predicted octanol–water partition coefficient (Wildman–Crippen LogP) is 3.92. The fraction of sp³-hybridized carbons (Fsp3) is 0.0625. The van der Waals surface area contributed by atoms with E-state index in [1.165, 1.54) is 0 Å². The van der Waals surface area contributed by atoms with Crippen molar-refractivity contribution in [3.63, 3.8) is 0 Å². The summed E-state index contributed by atoms with van der Waals surface area (Å²) in [7, 11) is 0. The first kappa shape index (κ1) is 10.8. The fourth-order valence-corrected chi connectivity index (χ4v) is 2.21. The van der Waals surface area contributed by atoms with Crippen LogP contribution in [0, 0.1) is 6.92 Å². The number of pyridine rings is 1. The van der Waals surface area contributed by atoms with E-state index in [1.54, 1.807) is 18.3 Å². The largest absolute Gasteiger partial charge is 0.508 e. The molecule has 0 fully saturated rings. The van der Waals surface area contributed by atoms with Gasteiger partial charge in [0.15, 0.2) is 0 Å². The van der Waals surface area contributed by atoms with E-state index in [2.05, 4.69) is 23.2 Å². The van der Waals surface area contributed by atoms with Crippen LogP contribution < -0.4 is 0 Å². The Bertz CT molecular complexity index is 719. The highest BCUT2D eigenvalue weighted by Gasteiger charge is 2.04. The Hall–Kier alpha value is -2.35. The van der Waals surface area contributed by atoms with E-state index in [0.29, 0.717) is 5.75 Å². The van der Waals surface area contributed by atoms with Crippen molar-refractivity contribution in [1.29, 1.82) is 0 Å². The van der Waals surface area contributed by atoms with Gasteiger partial charge in [0.25, 0.3) is 0 Å². The second-order valence-corrected chi connectivity index (χ2v) is 4.41. The van der Waals surface area contributed by atoms with Crippen molar-refractivity contribution >= 4 is 10.9 Å². The minimum atomic E-state index is 0.304. The summed E-state index contributed by atoms with van der Waals surface area (Å²) in [6, 6.07) is 15.7. The van der Waals surface area contributed by atoms with Gasteiger partial charge in [-0.25, -0.2) is 0 Å². The van der Waals surface area contributed by atoms with Gasteiger partial charge in [-0.2, -0.15) is 0 Å². The van der Waals surface area contributed by atoms with Crippen LogP contribution in [0.2, 0.25) is 0 Å². The molecule has 0 aliphatic carbocycles. The maximum atomic E-state index is 9.45. The van der Waals surface area contributed by atoms with E-state index >= 15 is 0 Å². The maximum absolute atomic E-state index is 9.45. The average Bonchev–Trinajstić information content (AvgIpc) is 2.38. The molecule has 0 aliphatic heterocycles. The number of aromatic nitrogens is 1. The van der Waals surface area contributed by atoms with Crippen LogP contribution in [0.25, 0.3) is 22.0 Å². The summed E-state index contributed by atoms with van der Waals surface area (Å²) in [5, 5.41) is 10.6. The molecule has 18 heavy (non-hydrogen) atoms. The molecule has 0 aliphatic rings. The van der Waals surface area contributed by atoms with Gasteiger partial charge in [-0.3, -0.25) is 4.98 Å². The van der Waals surface area contributed by atoms with Crippen LogP contribution in [0.5, 0.6) is 5.75 Å². The molecule has 88 valence electrons. The first-order valence-corrected chi connectivity index (χ1v) is 5.89. The van der Waals surface area contributed by atoms with Gasteiger partial charge in [-0.05, 0) is 53.9 Å². The van der Waals surface area contributed by atoms with Crippen LogP contribution in [0.3, 0.4) is 0 Å². The molecule has 2 nitrogen and oxygen atoms in total. The number of phenols is 1. The molecule has 1 N–H and O–H groups in total. The highest BCUT2D eigenvalue weighted by Crippen LogP contribution is 2.28. The van der Waals surface area contributed by atoms with Gasteiger partial charge in [-0.15, -0.1) is 0 Å². The van der Waals surface area contributed by atoms with Gasteiger partial charge in [0.05, 0.1) is 5.52 Å². The molecule has 0 radical (unpaired) electrons. The lowest BCUT2D eigenvalue weighted by Crippen LogP contribution is -1.84. The zero-order chi connectivity index (χ0) is 12.5. The zero-order valence-corrected chi connectivity index (χ0v) is 10.1. The summed E-state index contributed by atoms with van der Waals surface area (Å²) in [6.45, 7) is 2.00. The monoisotopic (exact) mass is 235 g/mol. The SMILES string of the molecule is Cc1cc(O)ccc1-c1ccc2ncccc2c1. The van der Waals surface area contributed by atoms with Crippen LogP contribution in [-0.4, -0.2) is 10.1 Å². The Balaban J connectivity index is 2.19. The van der Waals surface area contributed by atoms with E-state index in [4.69, 9.17) is 0 Å². The molecule has 3 aromatic rings. The highest BCUT2D eigenvalue weighted by molar-refractivity contribution is 5.85. The minimum absolute atomic E-state index is 0.304. The molecule has 2 aromatic carbocycles. The maximum Gasteiger partial charge on any atom is 0.115 e. The number of hydrogen-bond acceptors (Lipinski definition) is 2. The Kier molecular flexibility index (Phi) is 2.49. The van der Waals surface area contributed by atoms with Crippen molar-refractivity contribution in [3.8, 4) is 16.9 Å². The molecule has 0 unspecified atom stereocenters. The summed E-state index contributed by atoms with van der Waals surface area (Å²) in [5.74, 6) is 0.304. The second kappa shape index (κ2) is 4.15. The predicted molar refractivity (Wildman–Crippen MR) is 73.6 cm³/mol. The molecular weight excluding hydrogens is 222 g/mol. The van der Waals surface area contributed by atoms with E-state index < -0.39 is 0 Å². The van der Waals surface area contributed by atoms with Gasteiger partial charge >= 0.3 is 0 Å². The topological polar surface area (TPSA) is 33.1 Å². The third-order valence-electron chi connectivity index (χ3n) is 3.12. The van der Waals surface area contributed by atoms with Crippen molar-refractivity contribution in [3.05, 3.63) is 60.3 Å². The lowest BCUT2D eigenvalue weighted by molar-refractivity contribution is 0.475. The quantitative estimate of drug-likeness (QED) is 0.693. The number of aryl methyl sites for hydroxylation is 1. The standard InChI is InChI=1S/C16H13NO/c1-11-9-14(18)5-6-15(11)12-4-7-16-13(10-12)3-2-8-17-16/h2-10,18H,1H3. The van der Waals surface area contributed by atoms with Crippen LogP contribution in [0.15, 0.2) is 54.7 Å². The van der Waals surface area contributed by atoms with E-state index in [1.807, 2.05) is 25.1 Å². The van der Waals surface area contributed by atoms with E-state index in [9.17, 15) is 5.11 Å². The van der Waals surface area contributed by atoms with E-state index in [-0.39, 0.29) is 0 Å². The van der Waals surface area contributed by atoms with Crippen LogP contribution in [-0.2, 0) is 0 Å². The Labute approximate surface area is 106 Å². The number of nitrogens with zero attached hydrogens (tertiary/aromatic N) is 1. The highest BCUT2D eigenvalue weighted by atomic mass is 16.3. The van der Waals surface area contributed by atoms with Crippen molar-refractivity contribution < 1.29 is 5.11 Å². The smallest absolute Gasteiger partial charge is 0.115 e. The van der Waals surface area contributed by atoms with Crippen molar-refractivity contribution in [2.24, 2.45) is 0 Å². The summed E-state index contributed by atoms with van der Waals surface area (Å²) in [6.07, 6.45) is 1.80. The number of hydrogen-bond donors (Lipinski definition) is 1. The summed E-state index contributed by atoms with van der Waals surface area (Å²) >= 11 is 0. The van der Waals surface area contributed by atoms with Crippen molar-refractivity contribution in [1.82, 2.24) is 4.98 Å². The van der Waals surface area contributed by atoms with Gasteiger partial charge in [-0.1, -0.05) is 18.2 Å². The minimum Gasteiger partial charge on any atom is -0.508 e. The number of rotatable bonds is 1. The molecule has 0 spiro atoms. The fourth-order valence-electron chi connectivity index (χ4n) is 2.21. The first-order valence-electron chi connectivity index (χ1n) is 5.89. The molecule has 1 aromatic heterocycles. The number of aromatic hydroxyl groups is 1. The number of phenolic OH excluding ortho intramolecular Hbond substituents is 1. The Morgan fingerprint density at radius 3 is 2.72 bits per heavy atom. The molecule has 3 rings (SSSR count).